The Balaban J connectivity index is 3.00. The molecule has 0 rings (SSSR count). The van der Waals surface area contributed by atoms with Crippen LogP contribution in [0, 0.1) is 5.75 Å². The van der Waals surface area contributed by atoms with E-state index in [2.05, 4.69) is 32.6 Å². The second kappa shape index (κ2) is 6.21. The average Bonchev–Trinajstić information content (AvgIpc) is 1.80. The molecule has 0 nitrogen and oxygen atoms in total. The molecule has 0 amide bonds. The largest absolute Gasteiger partial charge is 0.153 e. The molecule has 0 aromatic heterocycles. The predicted molar refractivity (Wildman–Crippen MR) is 46.5 cm³/mol. The Labute approximate surface area is 62.7 Å². The second-order valence-corrected chi connectivity index (χ2v) is 3.19. The van der Waals surface area contributed by atoms with Gasteiger partial charge in [-0.05, 0) is 20.3 Å². The first-order valence-electron chi connectivity index (χ1n) is 3.34. The van der Waals surface area contributed by atoms with Crippen LogP contribution in [-0.4, -0.2) is 5.75 Å². The molecule has 0 aromatic rings. The van der Waals surface area contributed by atoms with E-state index in [1.54, 1.807) is 0 Å². The van der Waals surface area contributed by atoms with Crippen LogP contribution in [0.5, 0.6) is 0 Å². The number of thioether (sulfide) groups is 1. The highest BCUT2D eigenvalue weighted by molar-refractivity contribution is 8.01. The summed E-state index contributed by atoms with van der Waals surface area (Å²) < 4.78 is 0. The molecule has 0 aromatic carbocycles. The van der Waals surface area contributed by atoms with Crippen molar-refractivity contribution >= 4 is 11.8 Å². The van der Waals surface area contributed by atoms with Crippen LogP contribution in [0.4, 0.5) is 0 Å². The lowest BCUT2D eigenvalue weighted by molar-refractivity contribution is 1.20. The molecular weight excluding hydrogens is 128 g/mol. The van der Waals surface area contributed by atoms with Crippen molar-refractivity contribution in [3.8, 4) is 0 Å². The SMILES string of the molecule is CC[CH]SCC=C(C)C. The Hall–Kier alpha value is 0.0900. The summed E-state index contributed by atoms with van der Waals surface area (Å²) in [6.07, 6.45) is 3.41. The fourth-order valence-electron chi connectivity index (χ4n) is 0.401. The lowest BCUT2D eigenvalue weighted by Gasteiger charge is -1.92. The molecule has 1 radical (unpaired) electrons. The van der Waals surface area contributed by atoms with Crippen LogP contribution >= 0.6 is 11.8 Å². The molecule has 0 atom stereocenters. The first-order valence-corrected chi connectivity index (χ1v) is 4.39. The van der Waals surface area contributed by atoms with Crippen molar-refractivity contribution in [3.05, 3.63) is 17.4 Å². The second-order valence-electron chi connectivity index (χ2n) is 2.19. The van der Waals surface area contributed by atoms with E-state index in [-0.39, 0.29) is 0 Å². The summed E-state index contributed by atoms with van der Waals surface area (Å²) in [6.45, 7) is 6.43. The van der Waals surface area contributed by atoms with Crippen molar-refractivity contribution in [3.63, 3.8) is 0 Å². The third kappa shape index (κ3) is 8.09. The molecule has 0 heterocycles. The molecule has 53 valence electrons. The van der Waals surface area contributed by atoms with Crippen LogP contribution in [0.3, 0.4) is 0 Å². The maximum Gasteiger partial charge on any atom is 0.0167 e. The molecule has 0 aliphatic heterocycles. The van der Waals surface area contributed by atoms with Gasteiger partial charge in [0.2, 0.25) is 0 Å². The maximum atomic E-state index is 2.25. The van der Waals surface area contributed by atoms with Gasteiger partial charge in [-0.15, -0.1) is 0 Å². The summed E-state index contributed by atoms with van der Waals surface area (Å²) in [5.41, 5.74) is 1.41. The summed E-state index contributed by atoms with van der Waals surface area (Å²) in [4.78, 5) is 0. The van der Waals surface area contributed by atoms with E-state index in [1.807, 2.05) is 11.8 Å². The van der Waals surface area contributed by atoms with Crippen LogP contribution in [0.1, 0.15) is 27.2 Å². The Bertz CT molecular complexity index is 80.6. The van der Waals surface area contributed by atoms with Gasteiger partial charge in [0.05, 0.1) is 0 Å². The smallest absolute Gasteiger partial charge is 0.0167 e. The predicted octanol–water partition coefficient (Wildman–Crippen LogP) is 3.26. The molecule has 0 spiro atoms. The van der Waals surface area contributed by atoms with E-state index in [9.17, 15) is 0 Å². The Morgan fingerprint density at radius 1 is 1.44 bits per heavy atom. The van der Waals surface area contributed by atoms with Gasteiger partial charge in [0, 0.05) is 11.5 Å². The van der Waals surface area contributed by atoms with Crippen molar-refractivity contribution in [2.24, 2.45) is 0 Å². The average molecular weight is 143 g/mol. The van der Waals surface area contributed by atoms with E-state index < -0.39 is 0 Å². The van der Waals surface area contributed by atoms with Gasteiger partial charge in [-0.2, -0.15) is 11.8 Å². The molecule has 0 N–H and O–H groups in total. The van der Waals surface area contributed by atoms with E-state index in [4.69, 9.17) is 0 Å². The van der Waals surface area contributed by atoms with Crippen molar-refractivity contribution in [2.45, 2.75) is 27.2 Å². The first kappa shape index (κ1) is 9.09. The van der Waals surface area contributed by atoms with Crippen molar-refractivity contribution in [1.82, 2.24) is 0 Å². The number of rotatable bonds is 4. The number of hydrogen-bond acceptors (Lipinski definition) is 1. The first-order chi connectivity index (χ1) is 4.27. The van der Waals surface area contributed by atoms with Gasteiger partial charge in [0.1, 0.15) is 0 Å². The molecule has 0 bridgehead atoms. The molecule has 1 heteroatoms. The fraction of sp³-hybridized carbons (Fsp3) is 0.625. The Kier molecular flexibility index (Phi) is 6.28. The molecule has 9 heavy (non-hydrogen) atoms. The van der Waals surface area contributed by atoms with Gasteiger partial charge in [0.25, 0.3) is 0 Å². The number of hydrogen-bond donors (Lipinski definition) is 0. The zero-order valence-corrected chi connectivity index (χ0v) is 7.29. The summed E-state index contributed by atoms with van der Waals surface area (Å²) in [7, 11) is 0. The van der Waals surface area contributed by atoms with Crippen LogP contribution in [0.25, 0.3) is 0 Å². The Morgan fingerprint density at radius 2 is 2.11 bits per heavy atom. The van der Waals surface area contributed by atoms with Gasteiger partial charge in [-0.25, -0.2) is 0 Å². The molecular formula is C8H15S. The monoisotopic (exact) mass is 143 g/mol. The minimum absolute atomic E-state index is 1.14. The van der Waals surface area contributed by atoms with Gasteiger partial charge >= 0.3 is 0 Å². The lowest BCUT2D eigenvalue weighted by atomic mass is 10.3. The normalized spacial score (nSPS) is 9.22. The summed E-state index contributed by atoms with van der Waals surface area (Å²) in [5, 5.41) is 0. The minimum atomic E-state index is 1.14. The quantitative estimate of drug-likeness (QED) is 0.430. The highest BCUT2D eigenvalue weighted by Gasteiger charge is 1.81. The van der Waals surface area contributed by atoms with Gasteiger partial charge in [-0.1, -0.05) is 18.6 Å². The van der Waals surface area contributed by atoms with Crippen LogP contribution in [0.15, 0.2) is 11.6 Å². The van der Waals surface area contributed by atoms with E-state index >= 15 is 0 Å². The summed E-state index contributed by atoms with van der Waals surface area (Å²) >= 11 is 1.88. The van der Waals surface area contributed by atoms with Crippen LogP contribution in [0.2, 0.25) is 0 Å². The zero-order chi connectivity index (χ0) is 7.11. The summed E-state index contributed by atoms with van der Waals surface area (Å²) in [5.74, 6) is 3.37. The van der Waals surface area contributed by atoms with E-state index in [0.29, 0.717) is 0 Å². The molecule has 0 aliphatic rings. The highest BCUT2D eigenvalue weighted by atomic mass is 32.2. The lowest BCUT2D eigenvalue weighted by Crippen LogP contribution is -1.72. The van der Waals surface area contributed by atoms with Crippen molar-refractivity contribution < 1.29 is 0 Å². The number of allylic oxidation sites excluding steroid dienone is 1. The molecule has 0 saturated heterocycles. The van der Waals surface area contributed by atoms with E-state index in [0.717, 1.165) is 5.75 Å². The van der Waals surface area contributed by atoms with Crippen LogP contribution in [-0.2, 0) is 0 Å². The zero-order valence-electron chi connectivity index (χ0n) is 6.48. The fourth-order valence-corrected chi connectivity index (χ4v) is 1.20. The third-order valence-corrected chi connectivity index (χ3v) is 1.80. The molecule has 0 aliphatic carbocycles. The molecule has 0 unspecified atom stereocenters. The Morgan fingerprint density at radius 3 is 2.56 bits per heavy atom. The minimum Gasteiger partial charge on any atom is -0.153 e. The highest BCUT2D eigenvalue weighted by Crippen LogP contribution is 2.08. The van der Waals surface area contributed by atoms with Crippen molar-refractivity contribution in [1.29, 1.82) is 0 Å². The van der Waals surface area contributed by atoms with Crippen LogP contribution < -0.4 is 0 Å². The van der Waals surface area contributed by atoms with E-state index in [1.165, 1.54) is 12.0 Å². The maximum absolute atomic E-state index is 2.25. The van der Waals surface area contributed by atoms with Gasteiger partial charge in [0.15, 0.2) is 0 Å². The van der Waals surface area contributed by atoms with Gasteiger partial charge in [-0.3, -0.25) is 0 Å². The molecule has 0 saturated carbocycles. The third-order valence-electron chi connectivity index (χ3n) is 0.872. The molecule has 0 fully saturated rings. The summed E-state index contributed by atoms with van der Waals surface area (Å²) in [6, 6.07) is 0. The van der Waals surface area contributed by atoms with Crippen molar-refractivity contribution in [2.75, 3.05) is 5.75 Å². The topological polar surface area (TPSA) is 0 Å². The standard InChI is InChI=1S/C8H15S/c1-4-6-9-7-5-8(2)3/h5-6H,4,7H2,1-3H3. The van der Waals surface area contributed by atoms with Gasteiger partial charge < -0.3 is 0 Å².